The summed E-state index contributed by atoms with van der Waals surface area (Å²) in [6.45, 7) is 1.50. The van der Waals surface area contributed by atoms with Gasteiger partial charge in [0.15, 0.2) is 5.76 Å². The molecule has 0 aliphatic heterocycles. The van der Waals surface area contributed by atoms with Crippen LogP contribution in [-0.2, 0) is 24.4 Å². The third-order valence-electron chi connectivity index (χ3n) is 3.37. The van der Waals surface area contributed by atoms with Crippen molar-refractivity contribution in [3.05, 3.63) is 52.5 Å². The van der Waals surface area contributed by atoms with Gasteiger partial charge < -0.3 is 19.6 Å². The molecule has 2 heterocycles. The van der Waals surface area contributed by atoms with Crippen molar-refractivity contribution < 1.29 is 9.26 Å². The summed E-state index contributed by atoms with van der Waals surface area (Å²) in [5, 5.41) is 5.87. The lowest BCUT2D eigenvalue weighted by Gasteiger charge is -2.02. The van der Waals surface area contributed by atoms with E-state index in [-0.39, 0.29) is 0 Å². The van der Waals surface area contributed by atoms with Gasteiger partial charge in [-0.15, -0.1) is 0 Å². The standard InChI is InChI=1S/C15H16ClN3O2/c1-20-9-13-5-12(18-21-13)8-19-7-10(6-17)14-3-2-11(16)4-15(14)19/h2-5,7H,6,8-9,17H2,1H3. The van der Waals surface area contributed by atoms with Crippen LogP contribution in [0.3, 0.4) is 0 Å². The summed E-state index contributed by atoms with van der Waals surface area (Å²) in [5.41, 5.74) is 8.77. The van der Waals surface area contributed by atoms with E-state index >= 15 is 0 Å². The predicted octanol–water partition coefficient (Wildman–Crippen LogP) is 2.94. The van der Waals surface area contributed by atoms with Crippen LogP contribution in [0.1, 0.15) is 17.0 Å². The molecule has 2 aromatic heterocycles. The first kappa shape index (κ1) is 14.1. The Labute approximate surface area is 127 Å². The monoisotopic (exact) mass is 305 g/mol. The predicted molar refractivity (Wildman–Crippen MR) is 81.2 cm³/mol. The molecule has 5 nitrogen and oxygen atoms in total. The van der Waals surface area contributed by atoms with E-state index in [9.17, 15) is 0 Å². The summed E-state index contributed by atoms with van der Waals surface area (Å²) in [6.07, 6.45) is 2.03. The topological polar surface area (TPSA) is 66.2 Å². The third kappa shape index (κ3) is 2.81. The second-order valence-electron chi connectivity index (χ2n) is 4.87. The quantitative estimate of drug-likeness (QED) is 0.787. The zero-order valence-electron chi connectivity index (χ0n) is 11.7. The Bertz CT molecular complexity index is 763. The van der Waals surface area contributed by atoms with Gasteiger partial charge in [-0.25, -0.2) is 0 Å². The number of benzene rings is 1. The molecule has 3 aromatic rings. The fraction of sp³-hybridized carbons (Fsp3) is 0.267. The number of nitrogens with zero attached hydrogens (tertiary/aromatic N) is 2. The van der Waals surface area contributed by atoms with Crippen molar-refractivity contribution in [1.82, 2.24) is 9.72 Å². The molecule has 0 fully saturated rings. The molecule has 21 heavy (non-hydrogen) atoms. The summed E-state index contributed by atoms with van der Waals surface area (Å²) in [7, 11) is 1.62. The molecule has 0 unspecified atom stereocenters. The maximum absolute atomic E-state index is 6.10. The number of aromatic nitrogens is 2. The number of halogens is 1. The van der Waals surface area contributed by atoms with Crippen molar-refractivity contribution in [2.24, 2.45) is 5.73 Å². The van der Waals surface area contributed by atoms with Gasteiger partial charge in [0.25, 0.3) is 0 Å². The summed E-state index contributed by atoms with van der Waals surface area (Å²) in [6, 6.07) is 7.70. The average molecular weight is 306 g/mol. The highest BCUT2D eigenvalue weighted by Crippen LogP contribution is 2.25. The second kappa shape index (κ2) is 5.89. The molecule has 0 spiro atoms. The molecule has 2 N–H and O–H groups in total. The summed E-state index contributed by atoms with van der Waals surface area (Å²) < 4.78 is 12.3. The smallest absolute Gasteiger partial charge is 0.162 e. The fourth-order valence-electron chi connectivity index (χ4n) is 2.45. The number of methoxy groups -OCH3 is 1. The first-order valence-corrected chi connectivity index (χ1v) is 7.00. The van der Waals surface area contributed by atoms with E-state index in [0.717, 1.165) is 22.2 Å². The van der Waals surface area contributed by atoms with Gasteiger partial charge >= 0.3 is 0 Å². The minimum Gasteiger partial charge on any atom is -0.377 e. The highest BCUT2D eigenvalue weighted by atomic mass is 35.5. The van der Waals surface area contributed by atoms with E-state index in [2.05, 4.69) is 9.72 Å². The number of hydrogen-bond acceptors (Lipinski definition) is 4. The van der Waals surface area contributed by atoms with Crippen molar-refractivity contribution in [2.75, 3.05) is 7.11 Å². The highest BCUT2D eigenvalue weighted by Gasteiger charge is 2.11. The third-order valence-corrected chi connectivity index (χ3v) is 3.61. The molecule has 0 radical (unpaired) electrons. The SMILES string of the molecule is COCc1cc(Cn2cc(CN)c3ccc(Cl)cc32)no1. The van der Waals surface area contributed by atoms with Crippen molar-refractivity contribution in [2.45, 2.75) is 19.7 Å². The summed E-state index contributed by atoms with van der Waals surface area (Å²) in [5.74, 6) is 0.709. The fourth-order valence-corrected chi connectivity index (χ4v) is 2.62. The molecular weight excluding hydrogens is 290 g/mol. The number of fused-ring (bicyclic) bond motifs is 1. The normalized spacial score (nSPS) is 11.4. The number of nitrogens with two attached hydrogens (primary N) is 1. The van der Waals surface area contributed by atoms with Gasteiger partial charge in [0.1, 0.15) is 12.3 Å². The van der Waals surface area contributed by atoms with Crippen molar-refractivity contribution in [3.8, 4) is 0 Å². The van der Waals surface area contributed by atoms with Crippen molar-refractivity contribution >= 4 is 22.5 Å². The lowest BCUT2D eigenvalue weighted by molar-refractivity contribution is 0.155. The molecule has 110 valence electrons. The average Bonchev–Trinajstić information content (AvgIpc) is 3.05. The lowest BCUT2D eigenvalue weighted by Crippen LogP contribution is -1.99. The minimum absolute atomic E-state index is 0.416. The van der Waals surface area contributed by atoms with Gasteiger partial charge in [0.05, 0.1) is 12.1 Å². The second-order valence-corrected chi connectivity index (χ2v) is 5.30. The minimum atomic E-state index is 0.416. The summed E-state index contributed by atoms with van der Waals surface area (Å²) in [4.78, 5) is 0. The molecule has 0 bridgehead atoms. The van der Waals surface area contributed by atoms with Gasteiger partial charge in [-0.05, 0) is 17.7 Å². The molecule has 1 aromatic carbocycles. The van der Waals surface area contributed by atoms with Crippen LogP contribution in [-0.4, -0.2) is 16.8 Å². The van der Waals surface area contributed by atoms with E-state index in [1.165, 1.54) is 0 Å². The molecule has 0 aliphatic carbocycles. The van der Waals surface area contributed by atoms with Gasteiger partial charge in [-0.2, -0.15) is 0 Å². The van der Waals surface area contributed by atoms with Crippen LogP contribution in [0.15, 0.2) is 35.0 Å². The molecule has 6 heteroatoms. The number of rotatable bonds is 5. The zero-order chi connectivity index (χ0) is 14.8. The van der Waals surface area contributed by atoms with Crippen LogP contribution >= 0.6 is 11.6 Å². The molecule has 0 aliphatic rings. The first-order chi connectivity index (χ1) is 10.2. The van der Waals surface area contributed by atoms with Crippen LogP contribution in [0.25, 0.3) is 10.9 Å². The van der Waals surface area contributed by atoms with Crippen LogP contribution in [0.5, 0.6) is 0 Å². The van der Waals surface area contributed by atoms with Gasteiger partial charge in [-0.1, -0.05) is 22.8 Å². The van der Waals surface area contributed by atoms with E-state index in [1.54, 1.807) is 7.11 Å². The molecule has 0 amide bonds. The van der Waals surface area contributed by atoms with Crippen molar-refractivity contribution in [3.63, 3.8) is 0 Å². The number of hydrogen-bond donors (Lipinski definition) is 1. The maximum Gasteiger partial charge on any atom is 0.162 e. The molecule has 0 atom stereocenters. The zero-order valence-corrected chi connectivity index (χ0v) is 12.4. The Balaban J connectivity index is 1.97. The Kier molecular flexibility index (Phi) is 3.96. The molecule has 0 saturated carbocycles. The van der Waals surface area contributed by atoms with Crippen LogP contribution < -0.4 is 5.73 Å². The van der Waals surface area contributed by atoms with E-state index in [1.807, 2.05) is 30.5 Å². The Morgan fingerprint density at radius 3 is 3.00 bits per heavy atom. The van der Waals surface area contributed by atoms with E-state index in [4.69, 9.17) is 26.6 Å². The lowest BCUT2D eigenvalue weighted by atomic mass is 10.2. The first-order valence-electron chi connectivity index (χ1n) is 6.62. The maximum atomic E-state index is 6.10. The Morgan fingerprint density at radius 2 is 2.24 bits per heavy atom. The van der Waals surface area contributed by atoms with Gasteiger partial charge in [0.2, 0.25) is 0 Å². The summed E-state index contributed by atoms with van der Waals surface area (Å²) >= 11 is 6.10. The van der Waals surface area contributed by atoms with E-state index in [0.29, 0.717) is 30.5 Å². The van der Waals surface area contributed by atoms with Crippen molar-refractivity contribution in [1.29, 1.82) is 0 Å². The van der Waals surface area contributed by atoms with Crippen LogP contribution in [0, 0.1) is 0 Å². The van der Waals surface area contributed by atoms with Crippen LogP contribution in [0.2, 0.25) is 5.02 Å². The Morgan fingerprint density at radius 1 is 1.38 bits per heavy atom. The van der Waals surface area contributed by atoms with Gasteiger partial charge in [0, 0.05) is 36.3 Å². The molecule has 0 saturated heterocycles. The Hall–Kier alpha value is -1.82. The largest absolute Gasteiger partial charge is 0.377 e. The van der Waals surface area contributed by atoms with Gasteiger partial charge in [-0.3, -0.25) is 0 Å². The number of ether oxygens (including phenoxy) is 1. The van der Waals surface area contributed by atoms with E-state index < -0.39 is 0 Å². The molecular formula is C15H16ClN3O2. The van der Waals surface area contributed by atoms with Crippen LogP contribution in [0.4, 0.5) is 0 Å². The highest BCUT2D eigenvalue weighted by molar-refractivity contribution is 6.31. The molecule has 3 rings (SSSR count).